The average Bonchev–Trinajstić information content (AvgIpc) is 2.41. The first-order valence-electron chi connectivity index (χ1n) is 6.99. The quantitative estimate of drug-likeness (QED) is 0.720. The Morgan fingerprint density at radius 1 is 1.30 bits per heavy atom. The summed E-state index contributed by atoms with van der Waals surface area (Å²) in [5.41, 5.74) is 0.958. The smallest absolute Gasteiger partial charge is 0.303 e. The van der Waals surface area contributed by atoms with Gasteiger partial charge in [0.1, 0.15) is 0 Å². The van der Waals surface area contributed by atoms with Crippen molar-refractivity contribution in [2.75, 3.05) is 13.1 Å². The van der Waals surface area contributed by atoms with Crippen LogP contribution in [0.15, 0.2) is 18.2 Å². The van der Waals surface area contributed by atoms with Crippen LogP contribution >= 0.6 is 0 Å². The summed E-state index contributed by atoms with van der Waals surface area (Å²) in [6.07, 6.45) is 3.13. The third kappa shape index (κ3) is 4.13. The van der Waals surface area contributed by atoms with E-state index in [2.05, 4.69) is 4.90 Å². The Morgan fingerprint density at radius 2 is 2.10 bits per heavy atom. The summed E-state index contributed by atoms with van der Waals surface area (Å²) in [6, 6.07) is 4.88. The zero-order chi connectivity index (χ0) is 14.5. The standard InChI is InChI=1S/C15H21NO4/c17-13-5-3-12(8-14(13)18)10-16-7-1-2-11(9-16)4-6-15(19)20/h3,5,8,11,17-18H,1-2,4,6-7,9-10H2,(H,19,20). The van der Waals surface area contributed by atoms with E-state index in [9.17, 15) is 15.0 Å². The highest BCUT2D eigenvalue weighted by Gasteiger charge is 2.20. The highest BCUT2D eigenvalue weighted by molar-refractivity contribution is 5.66. The molecule has 1 unspecified atom stereocenters. The van der Waals surface area contributed by atoms with Crippen LogP contribution in [0.3, 0.4) is 0 Å². The molecule has 1 aromatic rings. The van der Waals surface area contributed by atoms with Gasteiger partial charge in [-0.2, -0.15) is 0 Å². The monoisotopic (exact) mass is 279 g/mol. The summed E-state index contributed by atoms with van der Waals surface area (Å²) in [5, 5.41) is 27.5. The molecule has 1 aliphatic heterocycles. The summed E-state index contributed by atoms with van der Waals surface area (Å²) < 4.78 is 0. The van der Waals surface area contributed by atoms with Crippen LogP contribution in [0.25, 0.3) is 0 Å². The predicted octanol–water partition coefficient (Wildman–Crippen LogP) is 2.17. The Morgan fingerprint density at radius 3 is 2.80 bits per heavy atom. The molecule has 3 N–H and O–H groups in total. The lowest BCUT2D eigenvalue weighted by molar-refractivity contribution is -0.137. The van der Waals surface area contributed by atoms with E-state index < -0.39 is 5.97 Å². The normalized spacial score (nSPS) is 19.9. The van der Waals surface area contributed by atoms with Crippen molar-refractivity contribution in [1.29, 1.82) is 0 Å². The van der Waals surface area contributed by atoms with Crippen LogP contribution in [0, 0.1) is 5.92 Å². The van der Waals surface area contributed by atoms with Gasteiger partial charge in [0.2, 0.25) is 0 Å². The van der Waals surface area contributed by atoms with Crippen LogP contribution in [-0.4, -0.2) is 39.3 Å². The molecule has 0 radical (unpaired) electrons. The summed E-state index contributed by atoms with van der Waals surface area (Å²) in [5.74, 6) is -0.496. The first-order valence-corrected chi connectivity index (χ1v) is 6.99. The third-order valence-electron chi connectivity index (χ3n) is 3.82. The van der Waals surface area contributed by atoms with Crippen LogP contribution in [-0.2, 0) is 11.3 Å². The molecule has 2 rings (SSSR count). The average molecular weight is 279 g/mol. The maximum Gasteiger partial charge on any atom is 0.303 e. The summed E-state index contributed by atoms with van der Waals surface area (Å²) >= 11 is 0. The Kier molecular flexibility index (Phi) is 4.84. The molecule has 5 heteroatoms. The molecule has 1 heterocycles. The van der Waals surface area contributed by atoms with E-state index in [-0.39, 0.29) is 17.9 Å². The van der Waals surface area contributed by atoms with E-state index >= 15 is 0 Å². The molecular weight excluding hydrogens is 258 g/mol. The van der Waals surface area contributed by atoms with Crippen LogP contribution < -0.4 is 0 Å². The molecule has 0 aliphatic carbocycles. The van der Waals surface area contributed by atoms with E-state index in [1.165, 1.54) is 6.07 Å². The number of aromatic hydroxyl groups is 2. The van der Waals surface area contributed by atoms with E-state index in [0.29, 0.717) is 5.92 Å². The Labute approximate surface area is 118 Å². The van der Waals surface area contributed by atoms with Crippen LogP contribution in [0.2, 0.25) is 0 Å². The number of carboxylic acids is 1. The number of phenolic OH excluding ortho intramolecular Hbond substituents is 2. The molecule has 5 nitrogen and oxygen atoms in total. The first kappa shape index (κ1) is 14.7. The van der Waals surface area contributed by atoms with Crippen LogP contribution in [0.1, 0.15) is 31.2 Å². The SMILES string of the molecule is O=C(O)CCC1CCCN(Cc2ccc(O)c(O)c2)C1. The van der Waals surface area contributed by atoms with E-state index in [4.69, 9.17) is 5.11 Å². The predicted molar refractivity (Wildman–Crippen MR) is 74.6 cm³/mol. The van der Waals surface area contributed by atoms with Crippen molar-refractivity contribution in [2.45, 2.75) is 32.2 Å². The molecule has 0 saturated carbocycles. The molecule has 0 amide bonds. The van der Waals surface area contributed by atoms with Gasteiger partial charge in [-0.3, -0.25) is 9.69 Å². The van der Waals surface area contributed by atoms with Crippen molar-refractivity contribution in [3.05, 3.63) is 23.8 Å². The first-order chi connectivity index (χ1) is 9.54. The van der Waals surface area contributed by atoms with Crippen molar-refractivity contribution < 1.29 is 20.1 Å². The molecular formula is C15H21NO4. The second kappa shape index (κ2) is 6.61. The van der Waals surface area contributed by atoms with Gasteiger partial charge in [-0.25, -0.2) is 0 Å². The fraction of sp³-hybridized carbons (Fsp3) is 0.533. The number of carboxylic acid groups (broad SMARTS) is 1. The van der Waals surface area contributed by atoms with E-state index in [1.54, 1.807) is 12.1 Å². The topological polar surface area (TPSA) is 81.0 Å². The highest BCUT2D eigenvalue weighted by Crippen LogP contribution is 2.27. The lowest BCUT2D eigenvalue weighted by atomic mass is 9.93. The van der Waals surface area contributed by atoms with E-state index in [0.717, 1.165) is 44.5 Å². The summed E-state index contributed by atoms with van der Waals surface area (Å²) in [7, 11) is 0. The Bertz CT molecular complexity index is 475. The number of benzene rings is 1. The molecule has 0 spiro atoms. The zero-order valence-corrected chi connectivity index (χ0v) is 11.5. The minimum Gasteiger partial charge on any atom is -0.504 e. The Balaban J connectivity index is 1.88. The number of phenols is 2. The summed E-state index contributed by atoms with van der Waals surface area (Å²) in [4.78, 5) is 12.9. The van der Waals surface area contributed by atoms with Gasteiger partial charge in [-0.05, 0) is 49.4 Å². The molecule has 1 saturated heterocycles. The molecule has 0 bridgehead atoms. The van der Waals surface area contributed by atoms with Crippen molar-refractivity contribution in [2.24, 2.45) is 5.92 Å². The zero-order valence-electron chi connectivity index (χ0n) is 11.5. The number of piperidine rings is 1. The maximum absolute atomic E-state index is 10.6. The lowest BCUT2D eigenvalue weighted by Gasteiger charge is -2.32. The second-order valence-electron chi connectivity index (χ2n) is 5.50. The third-order valence-corrected chi connectivity index (χ3v) is 3.82. The molecule has 1 aromatic carbocycles. The fourth-order valence-electron chi connectivity index (χ4n) is 2.78. The highest BCUT2D eigenvalue weighted by atomic mass is 16.4. The van der Waals surface area contributed by atoms with Crippen molar-refractivity contribution >= 4 is 5.97 Å². The number of carbonyl (C=O) groups is 1. The van der Waals surface area contributed by atoms with Gasteiger partial charge >= 0.3 is 5.97 Å². The number of aliphatic carboxylic acids is 1. The number of hydrogen-bond donors (Lipinski definition) is 3. The lowest BCUT2D eigenvalue weighted by Crippen LogP contribution is -2.35. The van der Waals surface area contributed by atoms with Gasteiger partial charge < -0.3 is 15.3 Å². The molecule has 20 heavy (non-hydrogen) atoms. The van der Waals surface area contributed by atoms with E-state index in [1.807, 2.05) is 0 Å². The molecule has 1 fully saturated rings. The van der Waals surface area contributed by atoms with Crippen molar-refractivity contribution in [1.82, 2.24) is 4.90 Å². The molecule has 110 valence electrons. The van der Waals surface area contributed by atoms with Crippen molar-refractivity contribution in [3.8, 4) is 11.5 Å². The van der Waals surface area contributed by atoms with Gasteiger partial charge in [-0.15, -0.1) is 0 Å². The molecule has 0 aromatic heterocycles. The van der Waals surface area contributed by atoms with Gasteiger partial charge in [-0.1, -0.05) is 6.07 Å². The van der Waals surface area contributed by atoms with Crippen molar-refractivity contribution in [3.63, 3.8) is 0 Å². The number of rotatable bonds is 5. The van der Waals surface area contributed by atoms with Gasteiger partial charge in [0, 0.05) is 19.5 Å². The number of likely N-dealkylation sites (tertiary alicyclic amines) is 1. The Hall–Kier alpha value is -1.75. The van der Waals surface area contributed by atoms with Crippen LogP contribution in [0.5, 0.6) is 11.5 Å². The minimum atomic E-state index is -0.731. The van der Waals surface area contributed by atoms with Crippen LogP contribution in [0.4, 0.5) is 0 Å². The number of nitrogens with zero attached hydrogens (tertiary/aromatic N) is 1. The minimum absolute atomic E-state index is 0.0954. The fourth-order valence-corrected chi connectivity index (χ4v) is 2.78. The molecule has 1 aliphatic rings. The largest absolute Gasteiger partial charge is 0.504 e. The second-order valence-corrected chi connectivity index (χ2v) is 5.50. The van der Waals surface area contributed by atoms with Gasteiger partial charge in [0.25, 0.3) is 0 Å². The number of hydrogen-bond acceptors (Lipinski definition) is 4. The maximum atomic E-state index is 10.6. The van der Waals surface area contributed by atoms with Gasteiger partial charge in [0.15, 0.2) is 11.5 Å². The van der Waals surface area contributed by atoms with Gasteiger partial charge in [0.05, 0.1) is 0 Å². The molecule has 1 atom stereocenters. The summed E-state index contributed by atoms with van der Waals surface area (Å²) in [6.45, 7) is 2.61.